The van der Waals surface area contributed by atoms with Gasteiger partial charge in [-0.2, -0.15) is 0 Å². The Balaban J connectivity index is 1.42. The summed E-state index contributed by atoms with van der Waals surface area (Å²) < 4.78 is 10.9. The number of anilines is 1. The quantitative estimate of drug-likeness (QED) is 0.286. The van der Waals surface area contributed by atoms with Crippen LogP contribution < -0.4 is 14.8 Å². The van der Waals surface area contributed by atoms with Crippen molar-refractivity contribution in [3.8, 4) is 33.3 Å². The average molecular weight is 471 g/mol. The molecule has 0 fully saturated rings. The SMILES string of the molecule is CCOc1ccc(/C=C/C(=O)Nc2ccc(-c3nc(-c4ccccc4)sc3C)cc2)cc1OC. The number of benzene rings is 3. The second-order valence-corrected chi connectivity index (χ2v) is 8.74. The van der Waals surface area contributed by atoms with Gasteiger partial charge in [0.2, 0.25) is 5.91 Å². The van der Waals surface area contributed by atoms with Crippen LogP contribution in [-0.2, 0) is 4.79 Å². The first-order chi connectivity index (χ1) is 16.6. The molecule has 0 aliphatic rings. The van der Waals surface area contributed by atoms with Gasteiger partial charge in [-0.05, 0) is 49.8 Å². The van der Waals surface area contributed by atoms with Gasteiger partial charge in [0.05, 0.1) is 19.4 Å². The second-order valence-electron chi connectivity index (χ2n) is 7.53. The Morgan fingerprint density at radius 2 is 1.76 bits per heavy atom. The molecule has 0 bridgehead atoms. The standard InChI is InChI=1S/C28H26N2O3S/c1-4-33-24-16-10-20(18-25(24)32-3)11-17-26(31)29-23-14-12-21(13-15-23)27-19(2)34-28(30-27)22-8-6-5-7-9-22/h5-18H,4H2,1-3H3,(H,29,31)/b17-11+. The number of amides is 1. The Morgan fingerprint density at radius 1 is 1.00 bits per heavy atom. The molecule has 0 atom stereocenters. The number of thiazole rings is 1. The van der Waals surface area contributed by atoms with Gasteiger partial charge in [-0.3, -0.25) is 4.79 Å². The van der Waals surface area contributed by atoms with E-state index in [1.165, 1.54) is 6.08 Å². The van der Waals surface area contributed by atoms with Crippen molar-refractivity contribution >= 4 is 29.0 Å². The summed E-state index contributed by atoms with van der Waals surface area (Å²) in [6, 6.07) is 23.5. The highest BCUT2D eigenvalue weighted by Gasteiger charge is 2.11. The van der Waals surface area contributed by atoms with Crippen molar-refractivity contribution in [1.29, 1.82) is 0 Å². The van der Waals surface area contributed by atoms with E-state index >= 15 is 0 Å². The number of aromatic nitrogens is 1. The molecule has 172 valence electrons. The lowest BCUT2D eigenvalue weighted by Gasteiger charge is -2.09. The number of rotatable bonds is 8. The van der Waals surface area contributed by atoms with Gasteiger partial charge in [0.25, 0.3) is 0 Å². The van der Waals surface area contributed by atoms with Crippen molar-refractivity contribution < 1.29 is 14.3 Å². The highest BCUT2D eigenvalue weighted by atomic mass is 32.1. The molecule has 0 spiro atoms. The Hall–Kier alpha value is -3.90. The normalized spacial score (nSPS) is 10.9. The van der Waals surface area contributed by atoms with Gasteiger partial charge in [-0.15, -0.1) is 11.3 Å². The van der Waals surface area contributed by atoms with Gasteiger partial charge in [-0.25, -0.2) is 4.98 Å². The molecule has 0 unspecified atom stereocenters. The summed E-state index contributed by atoms with van der Waals surface area (Å²) in [7, 11) is 1.59. The minimum absolute atomic E-state index is 0.211. The predicted octanol–water partition coefficient (Wildman–Crippen LogP) is 6.84. The largest absolute Gasteiger partial charge is 0.493 e. The van der Waals surface area contributed by atoms with E-state index in [0.29, 0.717) is 18.1 Å². The first-order valence-corrected chi connectivity index (χ1v) is 11.8. The van der Waals surface area contributed by atoms with E-state index in [4.69, 9.17) is 14.5 Å². The third kappa shape index (κ3) is 5.53. The van der Waals surface area contributed by atoms with Crippen LogP contribution in [0.4, 0.5) is 5.69 Å². The molecule has 0 saturated heterocycles. The zero-order valence-electron chi connectivity index (χ0n) is 19.4. The monoisotopic (exact) mass is 470 g/mol. The van der Waals surface area contributed by atoms with E-state index < -0.39 is 0 Å². The minimum atomic E-state index is -0.211. The van der Waals surface area contributed by atoms with Crippen molar-refractivity contribution in [2.75, 3.05) is 19.0 Å². The molecule has 1 amide bonds. The molecule has 3 aromatic carbocycles. The predicted molar refractivity (Wildman–Crippen MR) is 140 cm³/mol. The molecule has 0 aliphatic carbocycles. The van der Waals surface area contributed by atoms with Crippen molar-refractivity contribution in [3.05, 3.63) is 89.3 Å². The smallest absolute Gasteiger partial charge is 0.248 e. The van der Waals surface area contributed by atoms with Gasteiger partial charge in [0.1, 0.15) is 5.01 Å². The number of carbonyl (C=O) groups is 1. The lowest BCUT2D eigenvalue weighted by Crippen LogP contribution is -2.07. The molecule has 0 radical (unpaired) electrons. The molecule has 4 aromatic rings. The average Bonchev–Trinajstić information content (AvgIpc) is 3.26. The van der Waals surface area contributed by atoms with Crippen molar-refractivity contribution in [1.82, 2.24) is 4.98 Å². The molecule has 1 heterocycles. The van der Waals surface area contributed by atoms with Crippen LogP contribution in [0.2, 0.25) is 0 Å². The van der Waals surface area contributed by atoms with Crippen LogP contribution in [0.25, 0.3) is 27.9 Å². The molecule has 0 saturated carbocycles. The molecule has 1 N–H and O–H groups in total. The van der Waals surface area contributed by atoms with E-state index in [0.717, 1.165) is 38.0 Å². The topological polar surface area (TPSA) is 60.5 Å². The number of ether oxygens (including phenoxy) is 2. The van der Waals surface area contributed by atoms with Crippen LogP contribution >= 0.6 is 11.3 Å². The van der Waals surface area contributed by atoms with E-state index in [-0.39, 0.29) is 5.91 Å². The summed E-state index contributed by atoms with van der Waals surface area (Å²) in [6.45, 7) is 4.56. The number of aryl methyl sites for hydroxylation is 1. The van der Waals surface area contributed by atoms with Gasteiger partial charge in [0.15, 0.2) is 11.5 Å². The van der Waals surface area contributed by atoms with E-state index in [9.17, 15) is 4.79 Å². The highest BCUT2D eigenvalue weighted by Crippen LogP contribution is 2.33. The molecule has 6 heteroatoms. The van der Waals surface area contributed by atoms with Gasteiger partial charge in [-0.1, -0.05) is 48.5 Å². The fourth-order valence-corrected chi connectivity index (χ4v) is 4.44. The Morgan fingerprint density at radius 3 is 2.47 bits per heavy atom. The minimum Gasteiger partial charge on any atom is -0.493 e. The van der Waals surface area contributed by atoms with Crippen molar-refractivity contribution in [2.45, 2.75) is 13.8 Å². The number of nitrogens with zero attached hydrogens (tertiary/aromatic N) is 1. The molecule has 34 heavy (non-hydrogen) atoms. The van der Waals surface area contributed by atoms with Crippen LogP contribution in [0.5, 0.6) is 11.5 Å². The van der Waals surface area contributed by atoms with Crippen LogP contribution in [0.1, 0.15) is 17.4 Å². The Kier molecular flexibility index (Phi) is 7.40. The third-order valence-electron chi connectivity index (χ3n) is 5.16. The van der Waals surface area contributed by atoms with Crippen LogP contribution in [0, 0.1) is 6.92 Å². The van der Waals surface area contributed by atoms with Crippen LogP contribution in [-0.4, -0.2) is 24.6 Å². The maximum Gasteiger partial charge on any atom is 0.248 e. The summed E-state index contributed by atoms with van der Waals surface area (Å²) in [6.07, 6.45) is 3.24. The first kappa shape index (κ1) is 23.3. The fraction of sp³-hybridized carbons (Fsp3) is 0.143. The first-order valence-electron chi connectivity index (χ1n) is 11.0. The Labute approximate surface area is 203 Å². The van der Waals surface area contributed by atoms with Gasteiger partial charge >= 0.3 is 0 Å². The number of hydrogen-bond acceptors (Lipinski definition) is 5. The molecule has 4 rings (SSSR count). The summed E-state index contributed by atoms with van der Waals surface area (Å²) in [5.74, 6) is 1.10. The Bertz CT molecular complexity index is 1300. The molecular formula is C28H26N2O3S. The lowest BCUT2D eigenvalue weighted by atomic mass is 10.1. The summed E-state index contributed by atoms with van der Waals surface area (Å²) >= 11 is 1.68. The number of hydrogen-bond donors (Lipinski definition) is 1. The number of carbonyl (C=O) groups excluding carboxylic acids is 1. The zero-order valence-corrected chi connectivity index (χ0v) is 20.2. The van der Waals surface area contributed by atoms with Gasteiger partial charge < -0.3 is 14.8 Å². The molecular weight excluding hydrogens is 444 g/mol. The summed E-state index contributed by atoms with van der Waals surface area (Å²) in [4.78, 5) is 18.4. The third-order valence-corrected chi connectivity index (χ3v) is 6.18. The van der Waals surface area contributed by atoms with Crippen molar-refractivity contribution in [2.24, 2.45) is 0 Å². The molecule has 5 nitrogen and oxygen atoms in total. The summed E-state index contributed by atoms with van der Waals surface area (Å²) in [5, 5.41) is 3.90. The van der Waals surface area contributed by atoms with E-state index in [1.54, 1.807) is 24.5 Å². The highest BCUT2D eigenvalue weighted by molar-refractivity contribution is 7.15. The summed E-state index contributed by atoms with van der Waals surface area (Å²) in [5.41, 5.74) is 4.66. The molecule has 0 aliphatic heterocycles. The maximum atomic E-state index is 12.4. The van der Waals surface area contributed by atoms with Crippen molar-refractivity contribution in [3.63, 3.8) is 0 Å². The van der Waals surface area contributed by atoms with Crippen LogP contribution in [0.15, 0.2) is 78.9 Å². The second kappa shape index (κ2) is 10.8. The van der Waals surface area contributed by atoms with E-state index in [2.05, 4.69) is 24.4 Å². The van der Waals surface area contributed by atoms with E-state index in [1.807, 2.05) is 67.6 Å². The molecule has 1 aromatic heterocycles. The number of nitrogens with one attached hydrogen (secondary N) is 1. The van der Waals surface area contributed by atoms with Gasteiger partial charge in [0, 0.05) is 27.8 Å². The zero-order chi connectivity index (χ0) is 23.9. The number of methoxy groups -OCH3 is 1. The maximum absolute atomic E-state index is 12.4. The fourth-order valence-electron chi connectivity index (χ4n) is 3.50. The van der Waals surface area contributed by atoms with Crippen LogP contribution in [0.3, 0.4) is 0 Å². The lowest BCUT2D eigenvalue weighted by molar-refractivity contribution is -0.111.